The van der Waals surface area contributed by atoms with Gasteiger partial charge < -0.3 is 15.1 Å². The van der Waals surface area contributed by atoms with Crippen molar-refractivity contribution in [3.8, 4) is 5.75 Å². The third-order valence-corrected chi connectivity index (χ3v) is 5.33. The van der Waals surface area contributed by atoms with Crippen LogP contribution in [0, 0.1) is 0 Å². The highest BCUT2D eigenvalue weighted by atomic mass is 35.5. The second-order valence-electron chi connectivity index (χ2n) is 7.02. The fourth-order valence-electron chi connectivity index (χ4n) is 3.65. The molecule has 1 aliphatic heterocycles. The average Bonchev–Trinajstić information content (AvgIpc) is 2.90. The molecular weight excluding hydrogens is 390 g/mol. The second-order valence-corrected chi connectivity index (χ2v) is 7.45. The van der Waals surface area contributed by atoms with Gasteiger partial charge in [0.1, 0.15) is 5.75 Å². The first-order valence-corrected chi connectivity index (χ1v) is 9.47. The fourth-order valence-corrected chi connectivity index (χ4v) is 3.83. The van der Waals surface area contributed by atoms with Crippen molar-refractivity contribution >= 4 is 29.0 Å². The molecule has 3 aromatic carbocycles. The highest BCUT2D eigenvalue weighted by molar-refractivity contribution is 6.31. The summed E-state index contributed by atoms with van der Waals surface area (Å²) in [6, 6.07) is 20.3. The molecule has 0 unspecified atom stereocenters. The first kappa shape index (κ1) is 19.2. The molecule has 0 saturated heterocycles. The lowest BCUT2D eigenvalue weighted by Crippen LogP contribution is -2.41. The van der Waals surface area contributed by atoms with Crippen molar-refractivity contribution in [1.29, 1.82) is 0 Å². The Bertz CT molecular complexity index is 1100. The number of phenolic OH excluding ortho intramolecular Hbond substituents is 1. The highest BCUT2D eigenvalue weighted by Crippen LogP contribution is 2.45. The van der Waals surface area contributed by atoms with Crippen LogP contribution in [0.5, 0.6) is 5.75 Å². The molecule has 146 valence electrons. The van der Waals surface area contributed by atoms with Crippen LogP contribution in [0.25, 0.3) is 0 Å². The minimum atomic E-state index is -2.06. The van der Waals surface area contributed by atoms with Crippen LogP contribution in [0.4, 0.5) is 5.69 Å². The molecule has 1 amide bonds. The van der Waals surface area contributed by atoms with E-state index in [0.29, 0.717) is 10.7 Å². The van der Waals surface area contributed by atoms with E-state index < -0.39 is 23.7 Å². The summed E-state index contributed by atoms with van der Waals surface area (Å²) >= 11 is 6.12. The molecule has 29 heavy (non-hydrogen) atoms. The maximum absolute atomic E-state index is 13.3. The van der Waals surface area contributed by atoms with Gasteiger partial charge in [-0.05, 0) is 35.9 Å². The number of aliphatic hydroxyl groups is 1. The van der Waals surface area contributed by atoms with Gasteiger partial charge in [-0.2, -0.15) is 0 Å². The number of carbonyl (C=O) groups is 2. The number of nitrogens with zero attached hydrogens (tertiary/aromatic N) is 1. The Hall–Kier alpha value is -3.15. The number of benzene rings is 3. The van der Waals surface area contributed by atoms with E-state index in [4.69, 9.17) is 11.6 Å². The SMILES string of the molecule is O=C(C[C@]1(O)C(=O)N(Cc2ccccc2)c2ccc(Cl)cc21)c1ccccc1O. The zero-order chi connectivity index (χ0) is 20.6. The van der Waals surface area contributed by atoms with E-state index in [2.05, 4.69) is 0 Å². The summed E-state index contributed by atoms with van der Waals surface area (Å²) in [5.74, 6) is -1.33. The van der Waals surface area contributed by atoms with Crippen LogP contribution in [0.15, 0.2) is 72.8 Å². The van der Waals surface area contributed by atoms with Crippen molar-refractivity contribution in [3.63, 3.8) is 0 Å². The van der Waals surface area contributed by atoms with Gasteiger partial charge in [-0.1, -0.05) is 54.1 Å². The Morgan fingerprint density at radius 1 is 1.00 bits per heavy atom. The topological polar surface area (TPSA) is 77.8 Å². The van der Waals surface area contributed by atoms with E-state index in [1.165, 1.54) is 23.1 Å². The smallest absolute Gasteiger partial charge is 0.264 e. The average molecular weight is 408 g/mol. The van der Waals surface area contributed by atoms with Crippen molar-refractivity contribution in [3.05, 3.63) is 94.5 Å². The molecule has 2 N–H and O–H groups in total. The van der Waals surface area contributed by atoms with E-state index in [9.17, 15) is 19.8 Å². The molecule has 0 fully saturated rings. The van der Waals surface area contributed by atoms with Crippen molar-refractivity contribution in [1.82, 2.24) is 0 Å². The van der Waals surface area contributed by atoms with Crippen molar-refractivity contribution < 1.29 is 19.8 Å². The lowest BCUT2D eigenvalue weighted by atomic mass is 9.88. The Morgan fingerprint density at radius 2 is 1.69 bits per heavy atom. The number of phenols is 1. The van der Waals surface area contributed by atoms with E-state index in [-0.39, 0.29) is 23.4 Å². The van der Waals surface area contributed by atoms with Crippen LogP contribution < -0.4 is 4.90 Å². The van der Waals surface area contributed by atoms with Crippen LogP contribution in [0.2, 0.25) is 5.02 Å². The Balaban J connectivity index is 1.73. The van der Waals surface area contributed by atoms with Gasteiger partial charge in [0.25, 0.3) is 5.91 Å². The summed E-state index contributed by atoms with van der Waals surface area (Å²) in [5, 5.41) is 21.7. The van der Waals surface area contributed by atoms with Gasteiger partial charge in [0.2, 0.25) is 0 Å². The summed E-state index contributed by atoms with van der Waals surface area (Å²) in [4.78, 5) is 27.5. The number of ketones is 1. The summed E-state index contributed by atoms with van der Waals surface area (Å²) in [7, 11) is 0. The molecule has 0 bridgehead atoms. The third kappa shape index (κ3) is 3.39. The molecule has 1 atom stereocenters. The molecule has 0 radical (unpaired) electrons. The standard InChI is InChI=1S/C23H18ClNO4/c24-16-10-11-19-18(12-16)23(29,13-21(27)17-8-4-5-9-20(17)26)22(28)25(19)14-15-6-2-1-3-7-15/h1-12,26,29H,13-14H2/t23-/m1/s1. The molecule has 0 aliphatic carbocycles. The number of carbonyl (C=O) groups excluding carboxylic acids is 2. The molecule has 0 spiro atoms. The number of para-hydroxylation sites is 1. The highest BCUT2D eigenvalue weighted by Gasteiger charge is 2.51. The normalized spacial score (nSPS) is 18.0. The summed E-state index contributed by atoms with van der Waals surface area (Å²) in [6.45, 7) is 0.251. The summed E-state index contributed by atoms with van der Waals surface area (Å²) in [6.07, 6.45) is -0.498. The molecule has 5 nitrogen and oxygen atoms in total. The minimum absolute atomic E-state index is 0.0545. The zero-order valence-electron chi connectivity index (χ0n) is 15.4. The van der Waals surface area contributed by atoms with Crippen molar-refractivity contribution in [2.75, 3.05) is 4.90 Å². The Kier molecular flexibility index (Phi) is 4.86. The van der Waals surface area contributed by atoms with Gasteiger partial charge >= 0.3 is 0 Å². The molecule has 0 saturated carbocycles. The number of Topliss-reactive ketones (excluding diaryl/α,β-unsaturated/α-hetero) is 1. The van der Waals surface area contributed by atoms with E-state index in [1.807, 2.05) is 30.3 Å². The van der Waals surface area contributed by atoms with Crippen LogP contribution in [0.1, 0.15) is 27.9 Å². The van der Waals surface area contributed by atoms with E-state index >= 15 is 0 Å². The lowest BCUT2D eigenvalue weighted by Gasteiger charge is -2.23. The van der Waals surface area contributed by atoms with E-state index in [1.54, 1.807) is 24.3 Å². The van der Waals surface area contributed by atoms with Crippen LogP contribution >= 0.6 is 11.6 Å². The second kappa shape index (κ2) is 7.35. The molecule has 1 aliphatic rings. The molecular formula is C23H18ClNO4. The molecule has 4 rings (SSSR count). The van der Waals surface area contributed by atoms with Crippen LogP contribution in [-0.2, 0) is 16.9 Å². The fraction of sp³-hybridized carbons (Fsp3) is 0.130. The number of hydrogen-bond acceptors (Lipinski definition) is 4. The van der Waals surface area contributed by atoms with Gasteiger partial charge in [0, 0.05) is 10.6 Å². The monoisotopic (exact) mass is 407 g/mol. The van der Waals surface area contributed by atoms with Crippen LogP contribution in [0.3, 0.4) is 0 Å². The number of amides is 1. The molecule has 6 heteroatoms. The predicted octanol–water partition coefficient (Wildman–Crippen LogP) is 4.05. The summed E-state index contributed by atoms with van der Waals surface area (Å²) in [5.41, 5.74) is -0.323. The predicted molar refractivity (Wildman–Crippen MR) is 110 cm³/mol. The zero-order valence-corrected chi connectivity index (χ0v) is 16.1. The van der Waals surface area contributed by atoms with Gasteiger partial charge in [0.05, 0.1) is 24.2 Å². The quantitative estimate of drug-likeness (QED) is 0.625. The van der Waals surface area contributed by atoms with Crippen molar-refractivity contribution in [2.24, 2.45) is 0 Å². The molecule has 1 heterocycles. The number of fused-ring (bicyclic) bond motifs is 1. The van der Waals surface area contributed by atoms with Gasteiger partial charge in [-0.15, -0.1) is 0 Å². The number of halogens is 1. The van der Waals surface area contributed by atoms with Crippen LogP contribution in [-0.4, -0.2) is 21.9 Å². The van der Waals surface area contributed by atoms with Gasteiger partial charge in [0.15, 0.2) is 11.4 Å². The Labute approximate surface area is 172 Å². The molecule has 0 aromatic heterocycles. The number of rotatable bonds is 5. The third-order valence-electron chi connectivity index (χ3n) is 5.10. The van der Waals surface area contributed by atoms with Gasteiger partial charge in [-0.3, -0.25) is 9.59 Å². The maximum atomic E-state index is 13.3. The summed E-state index contributed by atoms with van der Waals surface area (Å²) < 4.78 is 0. The number of hydrogen-bond donors (Lipinski definition) is 2. The number of aromatic hydroxyl groups is 1. The lowest BCUT2D eigenvalue weighted by molar-refractivity contribution is -0.136. The Morgan fingerprint density at radius 3 is 2.41 bits per heavy atom. The van der Waals surface area contributed by atoms with Crippen molar-refractivity contribution in [2.45, 2.75) is 18.6 Å². The first-order chi connectivity index (χ1) is 13.9. The molecule has 3 aromatic rings. The van der Waals surface area contributed by atoms with E-state index in [0.717, 1.165) is 5.56 Å². The van der Waals surface area contributed by atoms with Gasteiger partial charge in [-0.25, -0.2) is 0 Å². The minimum Gasteiger partial charge on any atom is -0.507 e. The maximum Gasteiger partial charge on any atom is 0.264 e. The largest absolute Gasteiger partial charge is 0.507 e. The first-order valence-electron chi connectivity index (χ1n) is 9.09. The number of anilines is 1.